The monoisotopic (exact) mass is 335 g/mol. The number of aliphatic hydroxyl groups is 1. The quantitative estimate of drug-likeness (QED) is 0.837. The summed E-state index contributed by atoms with van der Waals surface area (Å²) in [4.78, 5) is 12.9. The fourth-order valence-electron chi connectivity index (χ4n) is 1.92. The van der Waals surface area contributed by atoms with Crippen LogP contribution in [0.5, 0.6) is 0 Å². The zero-order valence-corrected chi connectivity index (χ0v) is 13.5. The van der Waals surface area contributed by atoms with Gasteiger partial charge in [0.15, 0.2) is 0 Å². The summed E-state index contributed by atoms with van der Waals surface area (Å²) in [7, 11) is 0. The molecular formula is C13H18ClNO3S2. The van der Waals surface area contributed by atoms with Crippen molar-refractivity contribution in [2.45, 2.75) is 24.2 Å². The Morgan fingerprint density at radius 1 is 1.50 bits per heavy atom. The molecule has 1 aromatic heterocycles. The minimum atomic E-state index is -0.806. The number of nitrogens with one attached hydrogen (secondary N) is 1. The van der Waals surface area contributed by atoms with E-state index in [0.29, 0.717) is 38.4 Å². The molecular weight excluding hydrogens is 318 g/mol. The molecule has 0 unspecified atom stereocenters. The summed E-state index contributed by atoms with van der Waals surface area (Å²) in [6, 6.07) is 3.84. The van der Waals surface area contributed by atoms with Crippen molar-refractivity contribution in [3.63, 3.8) is 0 Å². The highest BCUT2D eigenvalue weighted by atomic mass is 35.5. The summed E-state index contributed by atoms with van der Waals surface area (Å²) in [6.45, 7) is 1.42. The van der Waals surface area contributed by atoms with E-state index in [4.69, 9.17) is 16.3 Å². The summed E-state index contributed by atoms with van der Waals surface area (Å²) in [5.74, 6) is 1.13. The summed E-state index contributed by atoms with van der Waals surface area (Å²) < 4.78 is 5.97. The Morgan fingerprint density at radius 3 is 2.90 bits per heavy atom. The Hall–Kier alpha value is -0.270. The van der Waals surface area contributed by atoms with Crippen LogP contribution in [0.3, 0.4) is 0 Å². The molecule has 1 fully saturated rings. The summed E-state index contributed by atoms with van der Waals surface area (Å²) in [5, 5.41) is 13.0. The Kier molecular flexibility index (Phi) is 6.17. The van der Waals surface area contributed by atoms with Gasteiger partial charge in [-0.15, -0.1) is 23.1 Å². The van der Waals surface area contributed by atoms with Crippen LogP contribution < -0.4 is 5.32 Å². The van der Waals surface area contributed by atoms with Crippen LogP contribution in [0.15, 0.2) is 12.1 Å². The number of halogens is 1. The van der Waals surface area contributed by atoms with Crippen LogP contribution in [-0.2, 0) is 15.3 Å². The molecule has 1 aromatic rings. The van der Waals surface area contributed by atoms with Gasteiger partial charge in [0.25, 0.3) is 0 Å². The first-order chi connectivity index (χ1) is 9.57. The fourth-order valence-corrected chi connectivity index (χ4v) is 3.97. The summed E-state index contributed by atoms with van der Waals surface area (Å²) >= 11 is 8.93. The Bertz CT molecular complexity index is 447. The highest BCUT2D eigenvalue weighted by Crippen LogP contribution is 2.25. The molecule has 1 saturated heterocycles. The molecule has 0 radical (unpaired) electrons. The second-order valence-electron chi connectivity index (χ2n) is 4.81. The van der Waals surface area contributed by atoms with Crippen molar-refractivity contribution >= 4 is 40.6 Å². The van der Waals surface area contributed by atoms with Crippen molar-refractivity contribution < 1.29 is 14.6 Å². The molecule has 4 nitrogen and oxygen atoms in total. The van der Waals surface area contributed by atoms with Gasteiger partial charge in [0, 0.05) is 43.2 Å². The SMILES string of the molecule is O=C(CSCc1ccc(Cl)s1)NCC1(O)CCOCC1. The van der Waals surface area contributed by atoms with E-state index in [1.807, 2.05) is 12.1 Å². The maximum absolute atomic E-state index is 11.7. The van der Waals surface area contributed by atoms with E-state index in [1.54, 1.807) is 11.8 Å². The average Bonchev–Trinajstić information content (AvgIpc) is 2.83. The lowest BCUT2D eigenvalue weighted by atomic mass is 9.94. The third-order valence-electron chi connectivity index (χ3n) is 3.14. The van der Waals surface area contributed by atoms with E-state index >= 15 is 0 Å². The number of carbonyl (C=O) groups excluding carboxylic acids is 1. The van der Waals surface area contributed by atoms with E-state index in [1.165, 1.54) is 11.3 Å². The van der Waals surface area contributed by atoms with E-state index in [2.05, 4.69) is 5.32 Å². The highest BCUT2D eigenvalue weighted by Gasteiger charge is 2.29. The molecule has 1 aliphatic rings. The lowest BCUT2D eigenvalue weighted by Crippen LogP contribution is -2.47. The number of thioether (sulfide) groups is 1. The number of ether oxygens (including phenoxy) is 1. The van der Waals surface area contributed by atoms with Crippen LogP contribution in [0.2, 0.25) is 4.34 Å². The van der Waals surface area contributed by atoms with Crippen molar-refractivity contribution in [2.24, 2.45) is 0 Å². The number of carbonyl (C=O) groups is 1. The molecule has 0 aromatic carbocycles. The number of amides is 1. The molecule has 0 saturated carbocycles. The Labute approximate surface area is 131 Å². The predicted molar refractivity (Wildman–Crippen MR) is 83.5 cm³/mol. The lowest BCUT2D eigenvalue weighted by Gasteiger charge is -2.32. The second-order valence-corrected chi connectivity index (χ2v) is 7.60. The first kappa shape index (κ1) is 16.1. The summed E-state index contributed by atoms with van der Waals surface area (Å²) in [6.07, 6.45) is 1.15. The van der Waals surface area contributed by atoms with Crippen LogP contribution in [0.1, 0.15) is 17.7 Å². The van der Waals surface area contributed by atoms with Crippen LogP contribution in [-0.4, -0.2) is 42.1 Å². The minimum Gasteiger partial charge on any atom is -0.388 e. The predicted octanol–water partition coefficient (Wildman–Crippen LogP) is 2.29. The molecule has 7 heteroatoms. The number of thiophene rings is 1. The van der Waals surface area contributed by atoms with E-state index < -0.39 is 5.60 Å². The molecule has 0 aliphatic carbocycles. The number of hydrogen-bond donors (Lipinski definition) is 2. The van der Waals surface area contributed by atoms with Gasteiger partial charge in [0.1, 0.15) is 0 Å². The molecule has 20 heavy (non-hydrogen) atoms. The minimum absolute atomic E-state index is 0.0439. The Balaban J connectivity index is 1.62. The maximum Gasteiger partial charge on any atom is 0.230 e. The average molecular weight is 336 g/mol. The molecule has 1 amide bonds. The van der Waals surface area contributed by atoms with Gasteiger partial charge in [-0.1, -0.05) is 11.6 Å². The van der Waals surface area contributed by atoms with Crippen LogP contribution in [0, 0.1) is 0 Å². The summed E-state index contributed by atoms with van der Waals surface area (Å²) in [5.41, 5.74) is -0.806. The number of hydrogen-bond acceptors (Lipinski definition) is 5. The third-order valence-corrected chi connectivity index (χ3v) is 5.54. The molecule has 0 spiro atoms. The molecule has 2 heterocycles. The van der Waals surface area contributed by atoms with E-state index in [-0.39, 0.29) is 5.91 Å². The van der Waals surface area contributed by atoms with Crippen molar-refractivity contribution in [3.8, 4) is 0 Å². The normalized spacial score (nSPS) is 17.9. The molecule has 1 aliphatic heterocycles. The van der Waals surface area contributed by atoms with Gasteiger partial charge in [-0.3, -0.25) is 4.79 Å². The van der Waals surface area contributed by atoms with Gasteiger partial charge in [0.2, 0.25) is 5.91 Å². The molecule has 0 bridgehead atoms. The highest BCUT2D eigenvalue weighted by molar-refractivity contribution is 7.99. The van der Waals surface area contributed by atoms with Gasteiger partial charge in [0.05, 0.1) is 15.7 Å². The standard InChI is InChI=1S/C13H18ClNO3S2/c14-11-2-1-10(20-11)7-19-8-12(16)15-9-13(17)3-5-18-6-4-13/h1-2,17H,3-9H2,(H,15,16). The third kappa shape index (κ3) is 5.26. The maximum atomic E-state index is 11.7. The largest absolute Gasteiger partial charge is 0.388 e. The van der Waals surface area contributed by atoms with Gasteiger partial charge < -0.3 is 15.2 Å². The van der Waals surface area contributed by atoms with Gasteiger partial charge in [-0.25, -0.2) is 0 Å². The van der Waals surface area contributed by atoms with Gasteiger partial charge in [-0.05, 0) is 12.1 Å². The van der Waals surface area contributed by atoms with Crippen molar-refractivity contribution in [2.75, 3.05) is 25.5 Å². The smallest absolute Gasteiger partial charge is 0.230 e. The molecule has 2 N–H and O–H groups in total. The van der Waals surface area contributed by atoms with Crippen LogP contribution in [0.4, 0.5) is 0 Å². The lowest BCUT2D eigenvalue weighted by molar-refractivity contribution is -0.121. The molecule has 0 atom stereocenters. The fraction of sp³-hybridized carbons (Fsp3) is 0.615. The first-order valence-corrected chi connectivity index (χ1v) is 8.81. The second kappa shape index (κ2) is 7.66. The topological polar surface area (TPSA) is 58.6 Å². The van der Waals surface area contributed by atoms with Crippen molar-refractivity contribution in [3.05, 3.63) is 21.3 Å². The van der Waals surface area contributed by atoms with Gasteiger partial charge >= 0.3 is 0 Å². The van der Waals surface area contributed by atoms with Gasteiger partial charge in [-0.2, -0.15) is 0 Å². The van der Waals surface area contributed by atoms with E-state index in [0.717, 1.165) is 15.0 Å². The van der Waals surface area contributed by atoms with Crippen LogP contribution >= 0.6 is 34.7 Å². The zero-order chi connectivity index (χ0) is 14.4. The van der Waals surface area contributed by atoms with Crippen molar-refractivity contribution in [1.82, 2.24) is 5.32 Å². The molecule has 112 valence electrons. The molecule has 2 rings (SSSR count). The first-order valence-electron chi connectivity index (χ1n) is 6.46. The van der Waals surface area contributed by atoms with Crippen LogP contribution in [0.25, 0.3) is 0 Å². The Morgan fingerprint density at radius 2 is 2.25 bits per heavy atom. The van der Waals surface area contributed by atoms with E-state index in [9.17, 15) is 9.90 Å². The number of rotatable bonds is 6. The zero-order valence-electron chi connectivity index (χ0n) is 11.1. The van der Waals surface area contributed by atoms with Crippen molar-refractivity contribution in [1.29, 1.82) is 0 Å².